The number of carboxylic acid groups (broad SMARTS) is 1. The minimum atomic E-state index is -4.72. The van der Waals surface area contributed by atoms with Crippen LogP contribution in [-0.4, -0.2) is 22.8 Å². The van der Waals surface area contributed by atoms with Crippen molar-refractivity contribution in [1.82, 2.24) is 0 Å². The van der Waals surface area contributed by atoms with Gasteiger partial charge in [0.1, 0.15) is 0 Å². The van der Waals surface area contributed by atoms with Gasteiger partial charge in [0, 0.05) is 10.0 Å². The number of amides is 1. The second kappa shape index (κ2) is 7.06. The first-order valence-electron chi connectivity index (χ1n) is 6.65. The second-order valence-corrected chi connectivity index (χ2v) is 5.77. The average molecular weight is 416 g/mol. The van der Waals surface area contributed by atoms with E-state index in [-0.39, 0.29) is 5.56 Å². The molecule has 2 aromatic carbocycles. The summed E-state index contributed by atoms with van der Waals surface area (Å²) >= 11 is 3.15. The van der Waals surface area contributed by atoms with Crippen LogP contribution in [0, 0.1) is 0 Å². The summed E-state index contributed by atoms with van der Waals surface area (Å²) in [7, 11) is 0. The van der Waals surface area contributed by atoms with Crippen LogP contribution >= 0.6 is 15.9 Å². The molecule has 0 aliphatic carbocycles. The lowest BCUT2D eigenvalue weighted by Crippen LogP contribution is -2.19. The highest BCUT2D eigenvalue weighted by atomic mass is 79.9. The number of Topliss-reactive ketones (excluding diaryl/α,β-unsaturated/α-hetero) is 1. The number of alkyl halides is 3. The third kappa shape index (κ3) is 4.44. The van der Waals surface area contributed by atoms with Crippen molar-refractivity contribution in [2.45, 2.75) is 6.18 Å². The fraction of sp³-hybridized carbons (Fsp3) is 0.0625. The average Bonchev–Trinajstić information content (AvgIpc) is 2.53. The van der Waals surface area contributed by atoms with Crippen LogP contribution in [0.3, 0.4) is 0 Å². The molecule has 2 aromatic rings. The third-order valence-electron chi connectivity index (χ3n) is 3.12. The fourth-order valence-electron chi connectivity index (χ4n) is 1.96. The van der Waals surface area contributed by atoms with Crippen molar-refractivity contribution in [3.05, 3.63) is 63.6 Å². The molecule has 25 heavy (non-hydrogen) atoms. The zero-order chi connectivity index (χ0) is 18.8. The molecule has 0 atom stereocenters. The van der Waals surface area contributed by atoms with Crippen LogP contribution in [0.4, 0.5) is 18.9 Å². The smallest absolute Gasteiger partial charge is 0.416 e. The predicted octanol–water partition coefficient (Wildman–Crippen LogP) is 3.99. The van der Waals surface area contributed by atoms with Crippen molar-refractivity contribution in [1.29, 1.82) is 0 Å². The monoisotopic (exact) mass is 415 g/mol. The first kappa shape index (κ1) is 18.7. The van der Waals surface area contributed by atoms with Gasteiger partial charge in [-0.25, -0.2) is 4.79 Å². The Morgan fingerprint density at radius 3 is 2.28 bits per heavy atom. The molecule has 0 bridgehead atoms. The topological polar surface area (TPSA) is 83.5 Å². The standard InChI is InChI=1S/C16H9BrF3NO4/c17-10-3-1-2-8(6-10)14(23)21-12-7-9(16(18,19)20)4-5-11(12)13(22)15(24)25/h1-7H,(H,21,23)(H,24,25). The molecule has 0 spiro atoms. The van der Waals surface area contributed by atoms with Crippen LogP contribution in [0.5, 0.6) is 0 Å². The number of carbonyl (C=O) groups is 3. The van der Waals surface area contributed by atoms with Crippen molar-refractivity contribution in [2.24, 2.45) is 0 Å². The van der Waals surface area contributed by atoms with Crippen molar-refractivity contribution >= 4 is 39.3 Å². The Morgan fingerprint density at radius 2 is 1.72 bits per heavy atom. The van der Waals surface area contributed by atoms with Gasteiger partial charge in [-0.05, 0) is 36.4 Å². The van der Waals surface area contributed by atoms with Gasteiger partial charge in [-0.2, -0.15) is 13.2 Å². The van der Waals surface area contributed by atoms with Gasteiger partial charge < -0.3 is 10.4 Å². The summed E-state index contributed by atoms with van der Waals surface area (Å²) < 4.78 is 39.1. The van der Waals surface area contributed by atoms with E-state index in [0.717, 1.165) is 6.07 Å². The van der Waals surface area contributed by atoms with Gasteiger partial charge in [-0.1, -0.05) is 22.0 Å². The molecule has 0 fully saturated rings. The van der Waals surface area contributed by atoms with Gasteiger partial charge >= 0.3 is 12.1 Å². The Morgan fingerprint density at radius 1 is 1.04 bits per heavy atom. The number of benzene rings is 2. The van der Waals surface area contributed by atoms with Crippen molar-refractivity contribution in [2.75, 3.05) is 5.32 Å². The molecule has 0 saturated carbocycles. The Bertz CT molecular complexity index is 865. The predicted molar refractivity (Wildman–Crippen MR) is 85.5 cm³/mol. The molecule has 0 saturated heterocycles. The Kier molecular flexibility index (Phi) is 5.27. The SMILES string of the molecule is O=C(O)C(=O)c1ccc(C(F)(F)F)cc1NC(=O)c1cccc(Br)c1. The minimum absolute atomic E-state index is 0.112. The zero-order valence-corrected chi connectivity index (χ0v) is 13.8. The lowest BCUT2D eigenvalue weighted by atomic mass is 10.0. The van der Waals surface area contributed by atoms with Gasteiger partial charge in [0.25, 0.3) is 11.7 Å². The van der Waals surface area contributed by atoms with Gasteiger partial charge in [0.15, 0.2) is 0 Å². The third-order valence-corrected chi connectivity index (χ3v) is 3.61. The first-order valence-corrected chi connectivity index (χ1v) is 7.44. The highest BCUT2D eigenvalue weighted by Gasteiger charge is 2.32. The number of halogens is 4. The number of ketones is 1. The van der Waals surface area contributed by atoms with Crippen LogP contribution in [0.25, 0.3) is 0 Å². The number of anilines is 1. The molecule has 0 aromatic heterocycles. The number of carbonyl (C=O) groups excluding carboxylic acids is 2. The van der Waals surface area contributed by atoms with E-state index in [4.69, 9.17) is 5.11 Å². The van der Waals surface area contributed by atoms with Crippen LogP contribution in [0.2, 0.25) is 0 Å². The quantitative estimate of drug-likeness (QED) is 0.584. The number of hydrogen-bond acceptors (Lipinski definition) is 3. The first-order chi connectivity index (χ1) is 11.6. The van der Waals surface area contributed by atoms with Gasteiger partial charge in [0.2, 0.25) is 0 Å². The van der Waals surface area contributed by atoms with E-state index < -0.39 is 40.7 Å². The van der Waals surface area contributed by atoms with E-state index in [9.17, 15) is 27.6 Å². The Hall–Kier alpha value is -2.68. The lowest BCUT2D eigenvalue weighted by molar-refractivity contribution is -0.137. The van der Waals surface area contributed by atoms with Crippen molar-refractivity contribution in [3.8, 4) is 0 Å². The minimum Gasteiger partial charge on any atom is -0.475 e. The molecule has 5 nitrogen and oxygen atoms in total. The van der Waals surface area contributed by atoms with E-state index in [1.165, 1.54) is 18.2 Å². The number of carboxylic acids is 1. The molecule has 1 amide bonds. The van der Waals surface area contributed by atoms with E-state index in [0.29, 0.717) is 16.6 Å². The molecule has 0 aliphatic heterocycles. The number of aliphatic carboxylic acids is 1. The highest BCUT2D eigenvalue weighted by Crippen LogP contribution is 2.32. The number of hydrogen-bond donors (Lipinski definition) is 2. The molecular formula is C16H9BrF3NO4. The van der Waals surface area contributed by atoms with Crippen LogP contribution in [0.15, 0.2) is 46.9 Å². The van der Waals surface area contributed by atoms with E-state index >= 15 is 0 Å². The molecule has 0 radical (unpaired) electrons. The zero-order valence-electron chi connectivity index (χ0n) is 12.2. The molecule has 0 unspecified atom stereocenters. The highest BCUT2D eigenvalue weighted by molar-refractivity contribution is 9.10. The molecule has 130 valence electrons. The van der Waals surface area contributed by atoms with Crippen molar-refractivity contribution < 1.29 is 32.7 Å². The summed E-state index contributed by atoms with van der Waals surface area (Å²) in [4.78, 5) is 34.7. The van der Waals surface area contributed by atoms with E-state index in [1.807, 2.05) is 0 Å². The lowest BCUT2D eigenvalue weighted by Gasteiger charge is -2.13. The number of rotatable bonds is 4. The fourth-order valence-corrected chi connectivity index (χ4v) is 2.36. The second-order valence-electron chi connectivity index (χ2n) is 4.86. The van der Waals surface area contributed by atoms with Crippen LogP contribution in [0.1, 0.15) is 26.3 Å². The maximum atomic E-state index is 12.9. The molecule has 9 heteroatoms. The van der Waals surface area contributed by atoms with Crippen LogP contribution < -0.4 is 5.32 Å². The van der Waals surface area contributed by atoms with E-state index in [1.54, 1.807) is 6.07 Å². The van der Waals surface area contributed by atoms with Crippen LogP contribution in [-0.2, 0) is 11.0 Å². The Labute approximate surface area is 147 Å². The summed E-state index contributed by atoms with van der Waals surface area (Å²) in [6.45, 7) is 0. The summed E-state index contributed by atoms with van der Waals surface area (Å²) in [6, 6.07) is 7.82. The van der Waals surface area contributed by atoms with Gasteiger partial charge in [0.05, 0.1) is 16.8 Å². The van der Waals surface area contributed by atoms with Crippen molar-refractivity contribution in [3.63, 3.8) is 0 Å². The maximum absolute atomic E-state index is 12.9. The van der Waals surface area contributed by atoms with Gasteiger partial charge in [-0.15, -0.1) is 0 Å². The normalized spacial score (nSPS) is 11.0. The summed E-state index contributed by atoms with van der Waals surface area (Å²) in [5.74, 6) is -4.07. The number of nitrogens with one attached hydrogen (secondary N) is 1. The molecule has 0 aliphatic rings. The molecule has 2 rings (SSSR count). The van der Waals surface area contributed by atoms with E-state index in [2.05, 4.69) is 21.2 Å². The Balaban J connectivity index is 2.47. The largest absolute Gasteiger partial charge is 0.475 e. The molecular weight excluding hydrogens is 407 g/mol. The molecule has 2 N–H and O–H groups in total. The maximum Gasteiger partial charge on any atom is 0.416 e. The summed E-state index contributed by atoms with van der Waals surface area (Å²) in [5, 5.41) is 10.9. The molecule has 0 heterocycles. The summed E-state index contributed by atoms with van der Waals surface area (Å²) in [5.41, 5.74) is -2.10. The summed E-state index contributed by atoms with van der Waals surface area (Å²) in [6.07, 6.45) is -4.72. The van der Waals surface area contributed by atoms with Gasteiger partial charge in [-0.3, -0.25) is 9.59 Å².